The van der Waals surface area contributed by atoms with E-state index in [4.69, 9.17) is 0 Å². The van der Waals surface area contributed by atoms with Gasteiger partial charge in [0.25, 0.3) is 5.91 Å². The van der Waals surface area contributed by atoms with Crippen LogP contribution in [0.1, 0.15) is 22.5 Å². The Morgan fingerprint density at radius 3 is 2.89 bits per heavy atom. The fourth-order valence-electron chi connectivity index (χ4n) is 1.57. The summed E-state index contributed by atoms with van der Waals surface area (Å²) in [5.41, 5.74) is 1.48. The minimum atomic E-state index is -0.203. The number of carbonyl (C=O) groups is 1. The number of halogens is 2. The molecule has 2 aromatic heterocycles. The molecule has 0 aliphatic heterocycles. The van der Waals surface area contributed by atoms with E-state index in [1.165, 1.54) is 0 Å². The first-order valence-electron chi connectivity index (χ1n) is 5.74. The number of aromatic amines is 1. The van der Waals surface area contributed by atoms with Gasteiger partial charge in [-0.05, 0) is 50.8 Å². The zero-order chi connectivity index (χ0) is 13.8. The van der Waals surface area contributed by atoms with Gasteiger partial charge in [-0.2, -0.15) is 10.2 Å². The van der Waals surface area contributed by atoms with Crippen LogP contribution < -0.4 is 5.32 Å². The van der Waals surface area contributed by atoms with E-state index in [2.05, 4.69) is 52.5 Å². The number of nitrogens with one attached hydrogen (secondary N) is 2. The number of hydrogen-bond acceptors (Lipinski definition) is 3. The average molecular weight is 391 g/mol. The van der Waals surface area contributed by atoms with Crippen LogP contribution in [0.3, 0.4) is 0 Å². The van der Waals surface area contributed by atoms with E-state index < -0.39 is 0 Å². The van der Waals surface area contributed by atoms with Gasteiger partial charge in [0, 0.05) is 19.3 Å². The maximum atomic E-state index is 11.8. The molecule has 0 spiro atoms. The second-order valence-electron chi connectivity index (χ2n) is 4.09. The van der Waals surface area contributed by atoms with E-state index in [1.54, 1.807) is 0 Å². The topological polar surface area (TPSA) is 75.6 Å². The van der Waals surface area contributed by atoms with Gasteiger partial charge < -0.3 is 5.32 Å². The smallest absolute Gasteiger partial charge is 0.273 e. The summed E-state index contributed by atoms with van der Waals surface area (Å²) < 4.78 is 3.15. The third-order valence-electron chi connectivity index (χ3n) is 2.49. The Bertz CT molecular complexity index is 577. The Hall–Kier alpha value is -1.15. The van der Waals surface area contributed by atoms with Crippen molar-refractivity contribution in [1.29, 1.82) is 0 Å². The second kappa shape index (κ2) is 6.33. The molecule has 0 fully saturated rings. The zero-order valence-electron chi connectivity index (χ0n) is 10.3. The van der Waals surface area contributed by atoms with Crippen molar-refractivity contribution >= 4 is 37.8 Å². The number of aryl methyl sites for hydroxylation is 2. The van der Waals surface area contributed by atoms with Gasteiger partial charge >= 0.3 is 0 Å². The maximum Gasteiger partial charge on any atom is 0.273 e. The summed E-state index contributed by atoms with van der Waals surface area (Å²) in [6, 6.07) is 0. The molecule has 19 heavy (non-hydrogen) atoms. The third kappa shape index (κ3) is 3.66. The van der Waals surface area contributed by atoms with Crippen molar-refractivity contribution in [3.63, 3.8) is 0 Å². The third-order valence-corrected chi connectivity index (χ3v) is 4.37. The van der Waals surface area contributed by atoms with Gasteiger partial charge in [0.1, 0.15) is 4.60 Å². The highest BCUT2D eigenvalue weighted by Crippen LogP contribution is 2.23. The number of carbonyl (C=O) groups excluding carboxylic acids is 1. The Balaban J connectivity index is 1.77. The summed E-state index contributed by atoms with van der Waals surface area (Å²) in [6.45, 7) is 3.35. The number of rotatable bonds is 5. The molecule has 0 aliphatic rings. The molecule has 6 nitrogen and oxygen atoms in total. The second-order valence-corrected chi connectivity index (χ2v) is 5.68. The van der Waals surface area contributed by atoms with Gasteiger partial charge in [-0.15, -0.1) is 0 Å². The molecular weight excluding hydrogens is 378 g/mol. The summed E-state index contributed by atoms with van der Waals surface area (Å²) in [5.74, 6) is -0.203. The summed E-state index contributed by atoms with van der Waals surface area (Å²) >= 11 is 6.53. The van der Waals surface area contributed by atoms with E-state index in [0.29, 0.717) is 21.3 Å². The summed E-state index contributed by atoms with van der Waals surface area (Å²) in [7, 11) is 0. The van der Waals surface area contributed by atoms with Crippen LogP contribution in [-0.2, 0) is 6.54 Å². The van der Waals surface area contributed by atoms with Crippen molar-refractivity contribution in [2.24, 2.45) is 0 Å². The lowest BCUT2D eigenvalue weighted by Gasteiger charge is -2.04. The molecule has 2 heterocycles. The SMILES string of the molecule is Cc1cnn(CCCNC(=O)c2n[nH]c(Br)c2Br)c1. The number of amides is 1. The Morgan fingerprint density at radius 2 is 2.32 bits per heavy atom. The Morgan fingerprint density at radius 1 is 1.53 bits per heavy atom. The molecule has 0 atom stereocenters. The van der Waals surface area contributed by atoms with Gasteiger partial charge in [-0.1, -0.05) is 0 Å². The van der Waals surface area contributed by atoms with Crippen molar-refractivity contribution in [3.8, 4) is 0 Å². The van der Waals surface area contributed by atoms with Crippen molar-refractivity contribution in [1.82, 2.24) is 25.3 Å². The standard InChI is InChI=1S/C11H13Br2N5O/c1-7-5-15-18(6-7)4-2-3-14-11(19)9-8(12)10(13)17-16-9/h5-6H,2-4H2,1H3,(H,14,19)(H,16,17). The van der Waals surface area contributed by atoms with Crippen LogP contribution in [0.25, 0.3) is 0 Å². The van der Waals surface area contributed by atoms with E-state index in [1.807, 2.05) is 24.0 Å². The van der Waals surface area contributed by atoms with Crippen LogP contribution in [0.5, 0.6) is 0 Å². The van der Waals surface area contributed by atoms with Crippen molar-refractivity contribution in [3.05, 3.63) is 32.7 Å². The highest BCUT2D eigenvalue weighted by atomic mass is 79.9. The van der Waals surface area contributed by atoms with Gasteiger partial charge in [-0.3, -0.25) is 14.6 Å². The molecule has 2 N–H and O–H groups in total. The molecule has 8 heteroatoms. The number of hydrogen-bond donors (Lipinski definition) is 2. The first-order chi connectivity index (χ1) is 9.08. The predicted octanol–water partition coefficient (Wildman–Crippen LogP) is 2.26. The van der Waals surface area contributed by atoms with Crippen LogP contribution in [0.2, 0.25) is 0 Å². The first-order valence-corrected chi connectivity index (χ1v) is 7.33. The molecule has 0 saturated heterocycles. The molecule has 102 valence electrons. The van der Waals surface area contributed by atoms with Crippen LogP contribution in [0.15, 0.2) is 21.5 Å². The molecule has 0 aromatic carbocycles. The van der Waals surface area contributed by atoms with E-state index in [0.717, 1.165) is 18.5 Å². The highest BCUT2D eigenvalue weighted by Gasteiger charge is 2.15. The normalized spacial score (nSPS) is 10.7. The van der Waals surface area contributed by atoms with E-state index in [9.17, 15) is 4.79 Å². The lowest BCUT2D eigenvalue weighted by atomic mass is 10.3. The number of H-pyrrole nitrogens is 1. The number of aromatic nitrogens is 4. The Labute approximate surface area is 127 Å². The zero-order valence-corrected chi connectivity index (χ0v) is 13.5. The lowest BCUT2D eigenvalue weighted by Crippen LogP contribution is -2.26. The van der Waals surface area contributed by atoms with Gasteiger partial charge in [0.15, 0.2) is 5.69 Å². The summed E-state index contributed by atoms with van der Waals surface area (Å²) in [4.78, 5) is 11.8. The minimum Gasteiger partial charge on any atom is -0.351 e. The van der Waals surface area contributed by atoms with Crippen molar-refractivity contribution < 1.29 is 4.79 Å². The Kier molecular flexibility index (Phi) is 4.76. The highest BCUT2D eigenvalue weighted by molar-refractivity contribution is 9.13. The van der Waals surface area contributed by atoms with Crippen molar-refractivity contribution in [2.45, 2.75) is 19.9 Å². The molecule has 2 aromatic rings. The van der Waals surface area contributed by atoms with Crippen LogP contribution in [0.4, 0.5) is 0 Å². The quantitative estimate of drug-likeness (QED) is 0.769. The van der Waals surface area contributed by atoms with Crippen LogP contribution in [0, 0.1) is 6.92 Å². The fraction of sp³-hybridized carbons (Fsp3) is 0.364. The molecular formula is C11H13Br2N5O. The van der Waals surface area contributed by atoms with Crippen molar-refractivity contribution in [2.75, 3.05) is 6.54 Å². The fourth-order valence-corrected chi connectivity index (χ4v) is 2.21. The maximum absolute atomic E-state index is 11.8. The molecule has 2 rings (SSSR count). The number of nitrogens with zero attached hydrogens (tertiary/aromatic N) is 3. The summed E-state index contributed by atoms with van der Waals surface area (Å²) in [5, 5.41) is 13.6. The largest absolute Gasteiger partial charge is 0.351 e. The lowest BCUT2D eigenvalue weighted by molar-refractivity contribution is 0.0947. The monoisotopic (exact) mass is 389 g/mol. The first kappa shape index (κ1) is 14.3. The van der Waals surface area contributed by atoms with Gasteiger partial charge in [0.05, 0.1) is 10.7 Å². The van der Waals surface area contributed by atoms with E-state index in [-0.39, 0.29) is 5.91 Å². The molecule has 0 unspecified atom stereocenters. The van der Waals surface area contributed by atoms with Gasteiger partial charge in [0.2, 0.25) is 0 Å². The molecule has 0 saturated carbocycles. The molecule has 0 radical (unpaired) electrons. The van der Waals surface area contributed by atoms with E-state index >= 15 is 0 Å². The predicted molar refractivity (Wildman–Crippen MR) is 77.9 cm³/mol. The summed E-state index contributed by atoms with van der Waals surface area (Å²) in [6.07, 6.45) is 4.61. The van der Waals surface area contributed by atoms with Crippen LogP contribution in [-0.4, -0.2) is 32.4 Å². The molecule has 0 aliphatic carbocycles. The minimum absolute atomic E-state index is 0.203. The molecule has 0 bridgehead atoms. The average Bonchev–Trinajstić information content (AvgIpc) is 2.93. The molecule has 1 amide bonds. The van der Waals surface area contributed by atoms with Gasteiger partial charge in [-0.25, -0.2) is 0 Å². The van der Waals surface area contributed by atoms with Crippen LogP contribution >= 0.6 is 31.9 Å².